The lowest BCUT2D eigenvalue weighted by Crippen LogP contribution is -2.43. The third-order valence-electron chi connectivity index (χ3n) is 5.10. The number of hydrogen-bond donors (Lipinski definition) is 2. The quantitative estimate of drug-likeness (QED) is 0.709. The van der Waals surface area contributed by atoms with Gasteiger partial charge in [-0.1, -0.05) is 25.7 Å². The summed E-state index contributed by atoms with van der Waals surface area (Å²) >= 11 is 0. The Balaban J connectivity index is 1.55. The van der Waals surface area contributed by atoms with Crippen molar-refractivity contribution in [2.24, 2.45) is 5.92 Å². The van der Waals surface area contributed by atoms with E-state index >= 15 is 0 Å². The summed E-state index contributed by atoms with van der Waals surface area (Å²) < 4.78 is 0. The van der Waals surface area contributed by atoms with E-state index < -0.39 is 0 Å². The van der Waals surface area contributed by atoms with Crippen LogP contribution in [0.4, 0.5) is 0 Å². The summed E-state index contributed by atoms with van der Waals surface area (Å²) in [5.74, 6) is 0.860. The van der Waals surface area contributed by atoms with Gasteiger partial charge in [0.15, 0.2) is 0 Å². The molecular formula is C17H32N2O2. The molecule has 122 valence electrons. The minimum Gasteiger partial charge on any atom is -0.395 e. The minimum absolute atomic E-state index is 0.235. The molecule has 1 aliphatic carbocycles. The Labute approximate surface area is 129 Å². The Kier molecular flexibility index (Phi) is 7.51. The first-order chi connectivity index (χ1) is 10.3. The van der Waals surface area contributed by atoms with E-state index in [1.54, 1.807) is 0 Å². The van der Waals surface area contributed by atoms with Crippen molar-refractivity contribution in [2.45, 2.75) is 70.3 Å². The van der Waals surface area contributed by atoms with E-state index in [0.717, 1.165) is 38.9 Å². The summed E-state index contributed by atoms with van der Waals surface area (Å²) in [6.07, 6.45) is 11.7. The highest BCUT2D eigenvalue weighted by molar-refractivity contribution is 5.76. The van der Waals surface area contributed by atoms with Gasteiger partial charge in [0.2, 0.25) is 5.91 Å². The van der Waals surface area contributed by atoms with E-state index in [4.69, 9.17) is 0 Å². The van der Waals surface area contributed by atoms with Gasteiger partial charge in [0.1, 0.15) is 0 Å². The molecule has 1 saturated heterocycles. The molecule has 0 radical (unpaired) electrons. The topological polar surface area (TPSA) is 52.6 Å². The number of nitrogens with zero attached hydrogens (tertiary/aromatic N) is 1. The first-order valence-electron chi connectivity index (χ1n) is 8.91. The van der Waals surface area contributed by atoms with Gasteiger partial charge in [0, 0.05) is 25.6 Å². The summed E-state index contributed by atoms with van der Waals surface area (Å²) in [6, 6.07) is 0.344. The fourth-order valence-corrected chi connectivity index (χ4v) is 3.80. The molecule has 0 spiro atoms. The van der Waals surface area contributed by atoms with Crippen LogP contribution in [-0.4, -0.2) is 48.2 Å². The lowest BCUT2D eigenvalue weighted by molar-refractivity contribution is -0.122. The van der Waals surface area contributed by atoms with Gasteiger partial charge in [-0.3, -0.25) is 9.69 Å². The van der Waals surface area contributed by atoms with Crippen molar-refractivity contribution in [2.75, 3.05) is 26.2 Å². The van der Waals surface area contributed by atoms with Gasteiger partial charge in [-0.25, -0.2) is 0 Å². The molecule has 21 heavy (non-hydrogen) atoms. The predicted molar refractivity (Wildman–Crippen MR) is 85.1 cm³/mol. The van der Waals surface area contributed by atoms with Crippen LogP contribution < -0.4 is 5.32 Å². The fourth-order valence-electron chi connectivity index (χ4n) is 3.80. The highest BCUT2D eigenvalue weighted by atomic mass is 16.3. The molecule has 2 N–H and O–H groups in total. The SMILES string of the molecule is O=C(CC1CCCCC1)NCCCN1CCCC[C@H]1CO. The van der Waals surface area contributed by atoms with Crippen LogP contribution in [0.3, 0.4) is 0 Å². The van der Waals surface area contributed by atoms with E-state index in [0.29, 0.717) is 12.0 Å². The third kappa shape index (κ3) is 5.95. The molecule has 2 fully saturated rings. The molecule has 1 atom stereocenters. The normalized spacial score (nSPS) is 24.9. The molecule has 1 heterocycles. The molecule has 0 aromatic heterocycles. The largest absolute Gasteiger partial charge is 0.395 e. The summed E-state index contributed by atoms with van der Waals surface area (Å²) in [5, 5.41) is 12.5. The van der Waals surface area contributed by atoms with Gasteiger partial charge in [0.05, 0.1) is 6.61 Å². The molecule has 1 aliphatic heterocycles. The van der Waals surface area contributed by atoms with Crippen LogP contribution in [0.25, 0.3) is 0 Å². The van der Waals surface area contributed by atoms with Crippen molar-refractivity contribution < 1.29 is 9.90 Å². The van der Waals surface area contributed by atoms with E-state index in [1.165, 1.54) is 44.9 Å². The number of aliphatic hydroxyl groups is 1. The summed E-state index contributed by atoms with van der Waals surface area (Å²) in [5.41, 5.74) is 0. The average Bonchev–Trinajstić information content (AvgIpc) is 2.53. The molecule has 0 unspecified atom stereocenters. The predicted octanol–water partition coefficient (Wildman–Crippen LogP) is 2.31. The Morgan fingerprint density at radius 3 is 2.62 bits per heavy atom. The van der Waals surface area contributed by atoms with Crippen LogP contribution in [0.1, 0.15) is 64.2 Å². The molecule has 4 nitrogen and oxygen atoms in total. The first kappa shape index (κ1) is 16.8. The number of hydrogen-bond acceptors (Lipinski definition) is 3. The zero-order chi connectivity index (χ0) is 14.9. The van der Waals surface area contributed by atoms with Crippen molar-refractivity contribution in [3.05, 3.63) is 0 Å². The highest BCUT2D eigenvalue weighted by Gasteiger charge is 2.21. The lowest BCUT2D eigenvalue weighted by Gasteiger charge is -2.34. The zero-order valence-electron chi connectivity index (χ0n) is 13.4. The monoisotopic (exact) mass is 296 g/mol. The standard InChI is InChI=1S/C17H32N2O2/c20-14-16-9-4-5-11-19(16)12-6-10-18-17(21)13-15-7-2-1-3-8-15/h15-16,20H,1-14H2,(H,18,21)/t16-/m0/s1. The fraction of sp³-hybridized carbons (Fsp3) is 0.941. The zero-order valence-corrected chi connectivity index (χ0v) is 13.4. The van der Waals surface area contributed by atoms with Crippen LogP contribution in [0.5, 0.6) is 0 Å². The molecular weight excluding hydrogens is 264 g/mol. The molecule has 0 bridgehead atoms. The van der Waals surface area contributed by atoms with E-state index in [9.17, 15) is 9.90 Å². The summed E-state index contributed by atoms with van der Waals surface area (Å²) in [6.45, 7) is 3.14. The number of carbonyl (C=O) groups is 1. The number of amides is 1. The number of likely N-dealkylation sites (tertiary alicyclic amines) is 1. The van der Waals surface area contributed by atoms with Crippen LogP contribution in [-0.2, 0) is 4.79 Å². The van der Waals surface area contributed by atoms with E-state index in [1.807, 2.05) is 0 Å². The molecule has 1 amide bonds. The van der Waals surface area contributed by atoms with Crippen LogP contribution in [0.2, 0.25) is 0 Å². The molecule has 2 aliphatic rings. The molecule has 2 rings (SSSR count). The summed E-state index contributed by atoms with van der Waals surface area (Å²) in [7, 11) is 0. The van der Waals surface area contributed by atoms with E-state index in [2.05, 4.69) is 10.2 Å². The second-order valence-corrected chi connectivity index (χ2v) is 6.78. The minimum atomic E-state index is 0.235. The molecule has 0 aromatic carbocycles. The molecule has 4 heteroatoms. The maximum Gasteiger partial charge on any atom is 0.220 e. The Morgan fingerprint density at radius 1 is 1.10 bits per heavy atom. The molecule has 1 saturated carbocycles. The van der Waals surface area contributed by atoms with Crippen molar-refractivity contribution in [1.82, 2.24) is 10.2 Å². The highest BCUT2D eigenvalue weighted by Crippen LogP contribution is 2.26. The van der Waals surface area contributed by atoms with Crippen LogP contribution in [0, 0.1) is 5.92 Å². The van der Waals surface area contributed by atoms with Crippen LogP contribution >= 0.6 is 0 Å². The maximum absolute atomic E-state index is 11.9. The Bertz CT molecular complexity index is 303. The second kappa shape index (κ2) is 9.42. The van der Waals surface area contributed by atoms with Crippen molar-refractivity contribution in [3.63, 3.8) is 0 Å². The van der Waals surface area contributed by atoms with Crippen molar-refractivity contribution in [1.29, 1.82) is 0 Å². The van der Waals surface area contributed by atoms with E-state index in [-0.39, 0.29) is 12.5 Å². The summed E-state index contributed by atoms with van der Waals surface area (Å²) in [4.78, 5) is 14.3. The van der Waals surface area contributed by atoms with Crippen molar-refractivity contribution in [3.8, 4) is 0 Å². The molecule has 0 aromatic rings. The Morgan fingerprint density at radius 2 is 1.86 bits per heavy atom. The smallest absolute Gasteiger partial charge is 0.220 e. The third-order valence-corrected chi connectivity index (χ3v) is 5.10. The number of rotatable bonds is 7. The van der Waals surface area contributed by atoms with Gasteiger partial charge < -0.3 is 10.4 Å². The average molecular weight is 296 g/mol. The lowest BCUT2D eigenvalue weighted by atomic mass is 9.87. The number of nitrogens with one attached hydrogen (secondary N) is 1. The van der Waals surface area contributed by atoms with Crippen molar-refractivity contribution >= 4 is 5.91 Å². The second-order valence-electron chi connectivity index (χ2n) is 6.78. The number of aliphatic hydroxyl groups excluding tert-OH is 1. The van der Waals surface area contributed by atoms with Gasteiger partial charge in [-0.15, -0.1) is 0 Å². The van der Waals surface area contributed by atoms with Gasteiger partial charge in [-0.05, 0) is 44.6 Å². The maximum atomic E-state index is 11.9. The number of piperidine rings is 1. The van der Waals surface area contributed by atoms with Gasteiger partial charge in [-0.2, -0.15) is 0 Å². The van der Waals surface area contributed by atoms with Crippen LogP contribution in [0.15, 0.2) is 0 Å². The van der Waals surface area contributed by atoms with Gasteiger partial charge in [0.25, 0.3) is 0 Å². The van der Waals surface area contributed by atoms with Gasteiger partial charge >= 0.3 is 0 Å². The first-order valence-corrected chi connectivity index (χ1v) is 8.91. The Hall–Kier alpha value is -0.610. The number of carbonyl (C=O) groups excluding carboxylic acids is 1.